The van der Waals surface area contributed by atoms with E-state index in [4.69, 9.17) is 4.74 Å². The molecule has 3 aromatic rings. The second kappa shape index (κ2) is 10.5. The molecule has 7 nitrogen and oxygen atoms in total. The number of para-hydroxylation sites is 1. The van der Waals surface area contributed by atoms with Gasteiger partial charge in [-0.2, -0.15) is 5.26 Å². The monoisotopic (exact) mass is 427 g/mol. The van der Waals surface area contributed by atoms with Crippen molar-refractivity contribution in [3.8, 4) is 11.8 Å². The van der Waals surface area contributed by atoms with Gasteiger partial charge in [-0.25, -0.2) is 0 Å². The van der Waals surface area contributed by atoms with Crippen molar-refractivity contribution < 1.29 is 14.5 Å². The summed E-state index contributed by atoms with van der Waals surface area (Å²) in [6.07, 6.45) is 2.29. The van der Waals surface area contributed by atoms with E-state index in [-0.39, 0.29) is 17.9 Å². The van der Waals surface area contributed by atoms with Gasteiger partial charge in [-0.3, -0.25) is 14.9 Å². The molecule has 160 valence electrons. The maximum atomic E-state index is 12.5. The molecule has 0 bridgehead atoms. The average Bonchev–Trinajstić information content (AvgIpc) is 2.82. The molecular weight excluding hydrogens is 406 g/mol. The van der Waals surface area contributed by atoms with Crippen LogP contribution in [0.15, 0.2) is 78.4 Å². The Morgan fingerprint density at radius 3 is 2.41 bits per heavy atom. The minimum Gasteiger partial charge on any atom is -0.489 e. The standard InChI is InChI=1S/C25H21N3O4/c1-2-20-5-3-4-6-24(20)27-25(29)21(16-26)15-18-9-13-23(14-10-18)32-17-19-7-11-22(12-8-19)28(30)31/h3-15H,2,17H2,1H3,(H,27,29)/b21-15+. The fourth-order valence-corrected chi connectivity index (χ4v) is 3.00. The van der Waals surface area contributed by atoms with Crippen LogP contribution in [0.5, 0.6) is 5.75 Å². The van der Waals surface area contributed by atoms with Gasteiger partial charge in [0.1, 0.15) is 24.0 Å². The predicted octanol–water partition coefficient (Wildman–Crippen LogP) is 5.28. The number of carbonyl (C=O) groups is 1. The first-order valence-electron chi connectivity index (χ1n) is 9.97. The van der Waals surface area contributed by atoms with E-state index in [0.29, 0.717) is 17.0 Å². The molecule has 3 rings (SSSR count). The van der Waals surface area contributed by atoms with Gasteiger partial charge >= 0.3 is 0 Å². The first-order valence-corrected chi connectivity index (χ1v) is 9.97. The lowest BCUT2D eigenvalue weighted by molar-refractivity contribution is -0.384. The number of non-ortho nitro benzene ring substituents is 1. The summed E-state index contributed by atoms with van der Waals surface area (Å²) >= 11 is 0. The highest BCUT2D eigenvalue weighted by Gasteiger charge is 2.11. The third-order valence-electron chi connectivity index (χ3n) is 4.76. The largest absolute Gasteiger partial charge is 0.489 e. The minimum atomic E-state index is -0.466. The highest BCUT2D eigenvalue weighted by Crippen LogP contribution is 2.19. The average molecular weight is 427 g/mol. The molecule has 0 saturated carbocycles. The Morgan fingerprint density at radius 2 is 1.78 bits per heavy atom. The molecule has 0 saturated heterocycles. The van der Waals surface area contributed by atoms with E-state index in [1.165, 1.54) is 18.2 Å². The molecule has 0 radical (unpaired) electrons. The molecule has 0 aliphatic rings. The molecule has 0 spiro atoms. The van der Waals surface area contributed by atoms with E-state index < -0.39 is 10.8 Å². The lowest BCUT2D eigenvalue weighted by Crippen LogP contribution is -2.14. The van der Waals surface area contributed by atoms with Crippen molar-refractivity contribution in [2.45, 2.75) is 20.0 Å². The van der Waals surface area contributed by atoms with Crippen molar-refractivity contribution >= 4 is 23.4 Å². The number of nitrogens with zero attached hydrogens (tertiary/aromatic N) is 2. The van der Waals surface area contributed by atoms with E-state index in [2.05, 4.69) is 5.32 Å². The van der Waals surface area contributed by atoms with Crippen LogP contribution in [-0.2, 0) is 17.8 Å². The third kappa shape index (κ3) is 5.80. The van der Waals surface area contributed by atoms with Crippen LogP contribution in [0.2, 0.25) is 0 Å². The second-order valence-electron chi connectivity index (χ2n) is 6.92. The summed E-state index contributed by atoms with van der Waals surface area (Å²) in [5.74, 6) is 0.132. The van der Waals surface area contributed by atoms with Crippen molar-refractivity contribution in [1.29, 1.82) is 5.26 Å². The van der Waals surface area contributed by atoms with Gasteiger partial charge in [0.2, 0.25) is 0 Å². The number of ether oxygens (including phenoxy) is 1. The summed E-state index contributed by atoms with van der Waals surface area (Å²) in [6.45, 7) is 2.26. The van der Waals surface area contributed by atoms with Crippen LogP contribution in [0.25, 0.3) is 6.08 Å². The van der Waals surface area contributed by atoms with Crippen LogP contribution < -0.4 is 10.1 Å². The molecule has 0 aromatic heterocycles. The van der Waals surface area contributed by atoms with Crippen molar-refractivity contribution in [2.75, 3.05) is 5.32 Å². The van der Waals surface area contributed by atoms with Gasteiger partial charge in [0.05, 0.1) is 4.92 Å². The number of anilines is 1. The summed E-state index contributed by atoms with van der Waals surface area (Å²) in [7, 11) is 0. The van der Waals surface area contributed by atoms with Crippen LogP contribution >= 0.6 is 0 Å². The Balaban J connectivity index is 1.64. The number of rotatable bonds is 8. The predicted molar refractivity (Wildman–Crippen MR) is 122 cm³/mol. The van der Waals surface area contributed by atoms with Gasteiger partial charge in [0, 0.05) is 17.8 Å². The Kier molecular flexibility index (Phi) is 7.33. The highest BCUT2D eigenvalue weighted by atomic mass is 16.6. The zero-order valence-electron chi connectivity index (χ0n) is 17.4. The van der Waals surface area contributed by atoms with Crippen molar-refractivity contribution in [1.82, 2.24) is 0 Å². The summed E-state index contributed by atoms with van der Waals surface area (Å²) in [5, 5.41) is 22.9. The number of hydrogen-bond acceptors (Lipinski definition) is 5. The van der Waals surface area contributed by atoms with Crippen LogP contribution in [0.1, 0.15) is 23.6 Å². The zero-order chi connectivity index (χ0) is 22.9. The molecule has 7 heteroatoms. The number of aryl methyl sites for hydroxylation is 1. The molecule has 0 aliphatic heterocycles. The zero-order valence-corrected chi connectivity index (χ0v) is 17.4. The maximum absolute atomic E-state index is 12.5. The van der Waals surface area contributed by atoms with E-state index in [0.717, 1.165) is 17.5 Å². The van der Waals surface area contributed by atoms with E-state index >= 15 is 0 Å². The molecule has 0 unspecified atom stereocenters. The maximum Gasteiger partial charge on any atom is 0.269 e. The van der Waals surface area contributed by atoms with E-state index in [1.54, 1.807) is 36.4 Å². The number of nitro benzene ring substituents is 1. The first kappa shape index (κ1) is 22.2. The quantitative estimate of drug-likeness (QED) is 0.228. The Bertz CT molecular complexity index is 1180. The normalized spacial score (nSPS) is 10.8. The highest BCUT2D eigenvalue weighted by molar-refractivity contribution is 6.09. The van der Waals surface area contributed by atoms with E-state index in [1.807, 2.05) is 37.3 Å². The molecule has 32 heavy (non-hydrogen) atoms. The van der Waals surface area contributed by atoms with Crippen molar-refractivity contribution in [2.24, 2.45) is 0 Å². The molecule has 3 aromatic carbocycles. The number of nitro groups is 1. The lowest BCUT2D eigenvalue weighted by atomic mass is 10.1. The smallest absolute Gasteiger partial charge is 0.269 e. The number of hydrogen-bond donors (Lipinski definition) is 1. The van der Waals surface area contributed by atoms with Crippen molar-refractivity contribution in [3.63, 3.8) is 0 Å². The number of benzene rings is 3. The Labute approximate surface area is 185 Å². The van der Waals surface area contributed by atoms with Gasteiger partial charge in [0.15, 0.2) is 0 Å². The fourth-order valence-electron chi connectivity index (χ4n) is 3.00. The second-order valence-corrected chi connectivity index (χ2v) is 6.92. The summed E-state index contributed by atoms with van der Waals surface area (Å²) in [5.41, 5.74) is 3.19. The molecule has 0 aliphatic carbocycles. The summed E-state index contributed by atoms with van der Waals surface area (Å²) in [4.78, 5) is 22.8. The van der Waals surface area contributed by atoms with Gasteiger partial charge in [0.25, 0.3) is 11.6 Å². The molecule has 0 fully saturated rings. The Morgan fingerprint density at radius 1 is 1.09 bits per heavy atom. The van der Waals surface area contributed by atoms with E-state index in [9.17, 15) is 20.2 Å². The van der Waals surface area contributed by atoms with Gasteiger partial charge < -0.3 is 10.1 Å². The van der Waals surface area contributed by atoms with Crippen LogP contribution in [0.3, 0.4) is 0 Å². The van der Waals surface area contributed by atoms with Crippen LogP contribution in [-0.4, -0.2) is 10.8 Å². The van der Waals surface area contributed by atoms with Gasteiger partial charge in [-0.1, -0.05) is 37.3 Å². The molecule has 1 amide bonds. The molecule has 0 atom stereocenters. The molecule has 1 N–H and O–H groups in total. The topological polar surface area (TPSA) is 105 Å². The SMILES string of the molecule is CCc1ccccc1NC(=O)/C(C#N)=C/c1ccc(OCc2ccc([N+](=O)[O-])cc2)cc1. The molecule has 0 heterocycles. The van der Waals surface area contributed by atoms with Crippen LogP contribution in [0.4, 0.5) is 11.4 Å². The summed E-state index contributed by atoms with van der Waals surface area (Å²) in [6, 6.07) is 22.5. The minimum absolute atomic E-state index is 0.00421. The summed E-state index contributed by atoms with van der Waals surface area (Å²) < 4.78 is 5.70. The van der Waals surface area contributed by atoms with Gasteiger partial charge in [-0.05, 0) is 59.5 Å². The van der Waals surface area contributed by atoms with Crippen molar-refractivity contribution in [3.05, 3.63) is 105 Å². The van der Waals surface area contributed by atoms with Crippen LogP contribution in [0, 0.1) is 21.4 Å². The fraction of sp³-hybridized carbons (Fsp3) is 0.120. The third-order valence-corrected chi connectivity index (χ3v) is 4.76. The number of carbonyl (C=O) groups excluding carboxylic acids is 1. The number of nitrogens with one attached hydrogen (secondary N) is 1. The number of nitriles is 1. The lowest BCUT2D eigenvalue weighted by Gasteiger charge is -2.09. The van der Waals surface area contributed by atoms with Gasteiger partial charge in [-0.15, -0.1) is 0 Å². The molecular formula is C25H21N3O4. The number of amides is 1. The Hall–Kier alpha value is -4.44. The first-order chi connectivity index (χ1) is 15.5.